The molecule has 2 aromatic rings. The van der Waals surface area contributed by atoms with Crippen LogP contribution in [0.3, 0.4) is 0 Å². The van der Waals surface area contributed by atoms with Gasteiger partial charge in [0.1, 0.15) is 18.4 Å². The van der Waals surface area contributed by atoms with E-state index >= 15 is 0 Å². The molecule has 0 spiro atoms. The number of amides is 4. The summed E-state index contributed by atoms with van der Waals surface area (Å²) in [6.07, 6.45) is 6.26. The normalized spacial score (nSPS) is 18.3. The van der Waals surface area contributed by atoms with Crippen molar-refractivity contribution in [3.8, 4) is 5.75 Å². The smallest absolute Gasteiger partial charge is 0.360 e. The van der Waals surface area contributed by atoms with Gasteiger partial charge < -0.3 is 34.4 Å². The van der Waals surface area contributed by atoms with Crippen molar-refractivity contribution in [2.45, 2.75) is 96.1 Å². The predicted octanol–water partition coefficient (Wildman–Crippen LogP) is 5.37. The van der Waals surface area contributed by atoms with E-state index in [1.54, 1.807) is 23.6 Å². The Morgan fingerprint density at radius 1 is 0.959 bits per heavy atom. The van der Waals surface area contributed by atoms with Crippen LogP contribution in [0.1, 0.15) is 76.3 Å². The maximum atomic E-state index is 14.2. The van der Waals surface area contributed by atoms with Gasteiger partial charge in [-0.15, -0.1) is 0 Å². The van der Waals surface area contributed by atoms with Crippen LogP contribution < -0.4 is 20.3 Å². The van der Waals surface area contributed by atoms with Crippen molar-refractivity contribution in [3.05, 3.63) is 59.7 Å². The van der Waals surface area contributed by atoms with Gasteiger partial charge in [-0.2, -0.15) is 0 Å². The van der Waals surface area contributed by atoms with Crippen LogP contribution >= 0.6 is 7.60 Å². The van der Waals surface area contributed by atoms with Crippen molar-refractivity contribution in [1.82, 2.24) is 15.5 Å². The lowest BCUT2D eigenvalue weighted by Crippen LogP contribution is -2.55. The summed E-state index contributed by atoms with van der Waals surface area (Å²) in [5, 5.41) is 17.4. The third-order valence-electron chi connectivity index (χ3n) is 9.64. The third kappa shape index (κ3) is 9.42. The molecule has 13 heteroatoms. The number of ether oxygens (including phenoxy) is 1. The highest BCUT2D eigenvalue weighted by atomic mass is 31.2. The van der Waals surface area contributed by atoms with Crippen LogP contribution in [0.5, 0.6) is 5.75 Å². The summed E-state index contributed by atoms with van der Waals surface area (Å²) in [6.45, 7) is 4.88. The fourth-order valence-corrected chi connectivity index (χ4v) is 8.85. The molecule has 5 rings (SSSR count). The van der Waals surface area contributed by atoms with Crippen molar-refractivity contribution in [2.24, 2.45) is 5.92 Å². The molecular weight excluding hydrogens is 647 g/mol. The van der Waals surface area contributed by atoms with Crippen LogP contribution in [0.15, 0.2) is 48.5 Å². The Labute approximate surface area is 289 Å². The van der Waals surface area contributed by atoms with Crippen LogP contribution in [0.25, 0.3) is 0 Å². The number of nitrogens with one attached hydrogen (secondary N) is 2. The molecule has 4 amide bonds. The first-order chi connectivity index (χ1) is 23.7. The van der Waals surface area contributed by atoms with Gasteiger partial charge in [-0.1, -0.05) is 68.5 Å². The van der Waals surface area contributed by atoms with E-state index in [0.29, 0.717) is 32.7 Å². The molecule has 1 saturated carbocycles. The maximum Gasteiger partial charge on any atom is 0.360 e. The molecule has 268 valence electrons. The summed E-state index contributed by atoms with van der Waals surface area (Å²) in [5.74, 6) is -1.48. The highest BCUT2D eigenvalue weighted by Gasteiger charge is 2.42. The lowest BCUT2D eigenvalue weighted by molar-refractivity contribution is -0.132. The summed E-state index contributed by atoms with van der Waals surface area (Å²) < 4.78 is 30.5. The number of aliphatic hydroxyl groups excluding tert-OH is 1. The third-order valence-corrected chi connectivity index (χ3v) is 11.9. The molecule has 1 fully saturated rings. The second kappa shape index (κ2) is 17.5. The molecule has 1 aliphatic carbocycles. The first-order valence-electron chi connectivity index (χ1n) is 17.7. The number of carbonyl (C=O) groups is 3. The minimum absolute atomic E-state index is 0.0127. The molecule has 12 nitrogen and oxygen atoms in total. The Balaban J connectivity index is 1.34. The molecule has 0 bridgehead atoms. The zero-order chi connectivity index (χ0) is 34.8. The van der Waals surface area contributed by atoms with Gasteiger partial charge in [0.05, 0.1) is 25.8 Å². The molecule has 49 heavy (non-hydrogen) atoms. The van der Waals surface area contributed by atoms with Crippen LogP contribution in [-0.2, 0) is 36.2 Å². The van der Waals surface area contributed by atoms with Crippen LogP contribution in [0.2, 0.25) is 0 Å². The minimum atomic E-state index is -4.11. The lowest BCUT2D eigenvalue weighted by Gasteiger charge is -2.32. The van der Waals surface area contributed by atoms with Crippen molar-refractivity contribution < 1.29 is 37.8 Å². The number of hydrogen-bond acceptors (Lipinski definition) is 8. The van der Waals surface area contributed by atoms with Crippen molar-refractivity contribution in [1.29, 1.82) is 0 Å². The molecule has 0 radical (unpaired) electrons. The van der Waals surface area contributed by atoms with E-state index in [2.05, 4.69) is 10.6 Å². The van der Waals surface area contributed by atoms with Crippen molar-refractivity contribution in [2.75, 3.05) is 37.8 Å². The monoisotopic (exact) mass is 698 g/mol. The number of benzene rings is 2. The number of fused-ring (bicyclic) bond motifs is 2. The van der Waals surface area contributed by atoms with E-state index in [1.807, 2.05) is 48.5 Å². The lowest BCUT2D eigenvalue weighted by atomic mass is 9.84. The Morgan fingerprint density at radius 3 is 2.39 bits per heavy atom. The Kier molecular flexibility index (Phi) is 13.1. The molecule has 2 aliphatic heterocycles. The molecule has 0 aromatic heterocycles. The number of aliphatic hydroxyl groups is 1. The molecular formula is C36H51N4O8P. The van der Waals surface area contributed by atoms with E-state index < -0.39 is 31.4 Å². The fourth-order valence-electron chi connectivity index (χ4n) is 7.09. The number of para-hydroxylation sites is 2. The average molecular weight is 699 g/mol. The van der Waals surface area contributed by atoms with E-state index in [-0.39, 0.29) is 43.9 Å². The van der Waals surface area contributed by atoms with Gasteiger partial charge in [0, 0.05) is 30.8 Å². The second-order valence-corrected chi connectivity index (χ2v) is 15.1. The quantitative estimate of drug-likeness (QED) is 0.223. The number of urea groups is 1. The van der Waals surface area contributed by atoms with Gasteiger partial charge in [-0.3, -0.25) is 19.1 Å². The molecule has 3 atom stereocenters. The summed E-state index contributed by atoms with van der Waals surface area (Å²) in [5.41, 5.74) is 2.78. The highest BCUT2D eigenvalue weighted by Crippen LogP contribution is 2.53. The largest absolute Gasteiger partial charge is 0.491 e. The molecule has 2 aromatic carbocycles. The number of nitrogens with zero attached hydrogens (tertiary/aromatic N) is 2. The van der Waals surface area contributed by atoms with Crippen molar-refractivity contribution >= 4 is 31.1 Å². The SMILES string of the molecule is CCOP(=O)(OCC)C(O)C(CCC(=O)N1CCOc2ccccc2C1)NC(=O)C(CC1CCCCC1)NC(=O)N1CCc2ccccc21. The van der Waals surface area contributed by atoms with E-state index in [0.717, 1.165) is 61.1 Å². The standard InChI is InChI=1S/C36H51N4O8P/c1-3-47-49(45,48-4-2)35(43)29(18-19-33(41)39-22-23-46-32-17-11-9-15-28(32)25-39)37-34(42)30(24-26-12-6-5-7-13-26)38-36(44)40-21-20-27-14-8-10-16-31(27)40/h8-11,14-17,26,29-30,35,43H,3-7,12-13,18-25H2,1-2H3,(H,37,42)(H,38,44). The summed E-state index contributed by atoms with van der Waals surface area (Å²) in [4.78, 5) is 44.7. The van der Waals surface area contributed by atoms with Crippen LogP contribution in [0.4, 0.5) is 10.5 Å². The predicted molar refractivity (Wildman–Crippen MR) is 186 cm³/mol. The number of rotatable bonds is 14. The minimum Gasteiger partial charge on any atom is -0.491 e. The van der Waals surface area contributed by atoms with Crippen molar-refractivity contribution in [3.63, 3.8) is 0 Å². The molecule has 3 N–H and O–H groups in total. The fraction of sp³-hybridized carbons (Fsp3) is 0.583. The van der Waals surface area contributed by atoms with Crippen LogP contribution in [0, 0.1) is 5.92 Å². The first kappa shape index (κ1) is 36.8. The van der Waals surface area contributed by atoms with E-state index in [1.165, 1.54) is 0 Å². The first-order valence-corrected chi connectivity index (χ1v) is 19.3. The topological polar surface area (TPSA) is 147 Å². The summed E-state index contributed by atoms with van der Waals surface area (Å²) >= 11 is 0. The number of carbonyl (C=O) groups excluding carboxylic acids is 3. The van der Waals surface area contributed by atoms with Gasteiger partial charge in [-0.05, 0) is 56.7 Å². The highest BCUT2D eigenvalue weighted by molar-refractivity contribution is 7.54. The van der Waals surface area contributed by atoms with Gasteiger partial charge in [-0.25, -0.2) is 4.79 Å². The van der Waals surface area contributed by atoms with Gasteiger partial charge in [0.15, 0.2) is 5.85 Å². The Morgan fingerprint density at radius 2 is 1.65 bits per heavy atom. The number of anilines is 1. The second-order valence-electron chi connectivity index (χ2n) is 13.0. The summed E-state index contributed by atoms with van der Waals surface area (Å²) in [7, 11) is -4.11. The van der Waals surface area contributed by atoms with Crippen LogP contribution in [-0.4, -0.2) is 78.7 Å². The molecule has 3 unspecified atom stereocenters. The Bertz CT molecular complexity index is 1470. The molecule has 2 heterocycles. The van der Waals surface area contributed by atoms with Gasteiger partial charge in [0.25, 0.3) is 0 Å². The Hall–Kier alpha value is -3.44. The zero-order valence-electron chi connectivity index (χ0n) is 28.7. The average Bonchev–Trinajstić information content (AvgIpc) is 3.42. The number of hydrogen-bond donors (Lipinski definition) is 3. The summed E-state index contributed by atoms with van der Waals surface area (Å²) in [6, 6.07) is 12.8. The van der Waals surface area contributed by atoms with E-state index in [9.17, 15) is 24.1 Å². The van der Waals surface area contributed by atoms with E-state index in [4.69, 9.17) is 13.8 Å². The van der Waals surface area contributed by atoms with Gasteiger partial charge in [0.2, 0.25) is 11.8 Å². The maximum absolute atomic E-state index is 14.2. The molecule has 0 saturated heterocycles. The zero-order valence-corrected chi connectivity index (χ0v) is 29.6. The van der Waals surface area contributed by atoms with Gasteiger partial charge >= 0.3 is 13.6 Å². The molecule has 3 aliphatic rings.